The minimum atomic E-state index is -2.91. The van der Waals surface area contributed by atoms with E-state index in [1.54, 1.807) is 0 Å². The van der Waals surface area contributed by atoms with Gasteiger partial charge >= 0.3 is 0 Å². The highest BCUT2D eigenvalue weighted by Gasteiger charge is 2.48. The molecule has 0 unspecified atom stereocenters. The molecule has 0 bridgehead atoms. The van der Waals surface area contributed by atoms with E-state index in [2.05, 4.69) is 375 Å². The van der Waals surface area contributed by atoms with Crippen LogP contribution in [-0.4, -0.2) is 8.07 Å². The summed E-state index contributed by atoms with van der Waals surface area (Å²) in [6, 6.07) is 133. The van der Waals surface area contributed by atoms with Crippen molar-refractivity contribution in [2.75, 3.05) is 9.80 Å². The molecule has 0 N–H and O–H groups in total. The van der Waals surface area contributed by atoms with Crippen LogP contribution in [0.25, 0.3) is 87.3 Å². The number of fused-ring (bicyclic) bond motifs is 13. The largest absolute Gasteiger partial charge is 0.456 e. The second kappa shape index (κ2) is 22.5. The number of hydrogen-bond donors (Lipinski definition) is 0. The molecular weight excluding hydrogens is 1190 g/mol. The molecule has 0 saturated carbocycles. The van der Waals surface area contributed by atoms with Crippen LogP contribution < -0.4 is 30.5 Å². The van der Waals surface area contributed by atoms with Crippen LogP contribution in [0.5, 0.6) is 0 Å². The monoisotopic (exact) mass is 1250 g/mol. The van der Waals surface area contributed by atoms with Crippen LogP contribution in [0, 0.1) is 6.92 Å². The molecule has 0 radical (unpaired) electrons. The van der Waals surface area contributed by atoms with Gasteiger partial charge in [0.15, 0.2) is 8.07 Å². The van der Waals surface area contributed by atoms with Crippen LogP contribution in [0.1, 0.15) is 27.8 Å². The quantitative estimate of drug-likeness (QED) is 0.0901. The lowest BCUT2D eigenvalue weighted by Crippen LogP contribution is -2.74. The maximum Gasteiger partial charge on any atom is 0.179 e. The molecule has 0 fully saturated rings. The summed E-state index contributed by atoms with van der Waals surface area (Å²) in [5.74, 6) is 0. The SMILES string of the molecule is Cc1ccc2oc3ccc(N(c4ccc5c(c4)C(c4ccccc4)(c4ccccc4)c4cc(N(c6ccc7ccccc7c6)c6ccc7oc8ccc([Si](c9ccccc9)(c9ccccc9)c9ccccc9)cc8c7c6)c6ccccc6c4-5)c4ccc5ccccc5c4)cc3c2c1. The molecule has 0 atom stereocenters. The molecule has 4 nitrogen and oxygen atoms in total. The lowest BCUT2D eigenvalue weighted by Gasteiger charge is -2.36. The molecule has 0 spiro atoms. The molecule has 456 valence electrons. The topological polar surface area (TPSA) is 32.8 Å². The normalized spacial score (nSPS) is 12.7. The second-order valence-electron chi connectivity index (χ2n) is 25.9. The van der Waals surface area contributed by atoms with Gasteiger partial charge in [-0.05, 0) is 185 Å². The molecule has 0 amide bonds. The fourth-order valence-electron chi connectivity index (χ4n) is 16.4. The minimum Gasteiger partial charge on any atom is -0.456 e. The number of rotatable bonds is 12. The zero-order valence-corrected chi connectivity index (χ0v) is 54.3. The first-order valence-corrected chi connectivity index (χ1v) is 35.4. The Morgan fingerprint density at radius 1 is 0.268 bits per heavy atom. The zero-order chi connectivity index (χ0) is 64.2. The standard InChI is InChI=1S/C92H62N2O2Si/c1-61-39-49-87-80(53-61)81-56-70(45-50-88(81)95-87)93(68-42-40-62-23-17-19-25-64(62)54-68)72-44-48-79-84(58-72)92(66-27-7-2-8-28-66,67-29-9-3-10-30-67)85-60-86(77-37-21-22-38-78(77)91(79)85)94(69-43-41-63-24-18-20-26-65(63)55-69)71-46-51-89-82(57-71)83-59-76(47-52-90(83)96-89)97(73-31-11-4-12-32-73,74-33-13-5-14-34-74)75-35-15-6-16-36-75/h2-60H,1H3. The van der Waals surface area contributed by atoms with E-state index in [-0.39, 0.29) is 0 Å². The lowest BCUT2D eigenvalue weighted by atomic mass is 9.67. The van der Waals surface area contributed by atoms with Crippen LogP contribution in [-0.2, 0) is 5.41 Å². The Morgan fingerprint density at radius 3 is 1.23 bits per heavy atom. The molecule has 5 heteroatoms. The fraction of sp³-hybridized carbons (Fsp3) is 0.0217. The van der Waals surface area contributed by atoms with Gasteiger partial charge in [-0.1, -0.05) is 266 Å². The van der Waals surface area contributed by atoms with Crippen molar-refractivity contribution in [2.24, 2.45) is 0 Å². The molecule has 97 heavy (non-hydrogen) atoms. The molecule has 2 heterocycles. The molecule has 2 aromatic heterocycles. The van der Waals surface area contributed by atoms with Crippen molar-refractivity contribution in [3.8, 4) is 11.1 Å². The first kappa shape index (κ1) is 56.3. The number of nitrogens with zero attached hydrogens (tertiary/aromatic N) is 2. The van der Waals surface area contributed by atoms with Gasteiger partial charge in [0.05, 0.1) is 11.1 Å². The Balaban J connectivity index is 0.866. The van der Waals surface area contributed by atoms with E-state index in [0.717, 1.165) is 88.8 Å². The van der Waals surface area contributed by atoms with Gasteiger partial charge in [-0.25, -0.2) is 0 Å². The summed E-state index contributed by atoms with van der Waals surface area (Å²) >= 11 is 0. The average Bonchev–Trinajstić information content (AvgIpc) is 1.67. The summed E-state index contributed by atoms with van der Waals surface area (Å²) in [5, 5.41) is 16.6. The van der Waals surface area contributed by atoms with E-state index in [4.69, 9.17) is 8.83 Å². The van der Waals surface area contributed by atoms with Crippen molar-refractivity contribution in [3.63, 3.8) is 0 Å². The highest BCUT2D eigenvalue weighted by molar-refractivity contribution is 7.20. The van der Waals surface area contributed by atoms with E-state index in [0.29, 0.717) is 0 Å². The number of anilines is 6. The third-order valence-electron chi connectivity index (χ3n) is 20.6. The van der Waals surface area contributed by atoms with Gasteiger partial charge in [0.25, 0.3) is 0 Å². The van der Waals surface area contributed by atoms with Gasteiger partial charge in [-0.2, -0.15) is 0 Å². The van der Waals surface area contributed by atoms with Crippen molar-refractivity contribution in [3.05, 3.63) is 386 Å². The Morgan fingerprint density at radius 2 is 0.670 bits per heavy atom. The number of hydrogen-bond acceptors (Lipinski definition) is 4. The Labute approximate surface area is 563 Å². The highest BCUT2D eigenvalue weighted by Crippen LogP contribution is 2.61. The Kier molecular flexibility index (Phi) is 13.0. The summed E-state index contributed by atoms with van der Waals surface area (Å²) in [5.41, 5.74) is 17.3. The van der Waals surface area contributed by atoms with E-state index in [1.165, 1.54) is 81.2 Å². The third kappa shape index (κ3) is 8.82. The summed E-state index contributed by atoms with van der Waals surface area (Å²) in [4.78, 5) is 4.96. The summed E-state index contributed by atoms with van der Waals surface area (Å²) < 4.78 is 13.5. The van der Waals surface area contributed by atoms with Crippen molar-refractivity contribution < 1.29 is 8.83 Å². The first-order valence-electron chi connectivity index (χ1n) is 33.4. The Bertz CT molecular complexity index is 5970. The molecule has 0 saturated heterocycles. The van der Waals surface area contributed by atoms with Crippen LogP contribution in [0.3, 0.4) is 0 Å². The van der Waals surface area contributed by atoms with E-state index in [9.17, 15) is 0 Å². The minimum absolute atomic E-state index is 0.817. The summed E-state index contributed by atoms with van der Waals surface area (Å²) in [7, 11) is -2.91. The molecule has 1 aliphatic rings. The van der Waals surface area contributed by atoms with Crippen molar-refractivity contribution >= 4 is 139 Å². The van der Waals surface area contributed by atoms with Gasteiger partial charge in [0.1, 0.15) is 22.3 Å². The van der Waals surface area contributed by atoms with Crippen molar-refractivity contribution in [2.45, 2.75) is 12.3 Å². The molecular formula is C92H62N2O2Si. The molecule has 1 aliphatic carbocycles. The number of aryl methyl sites for hydroxylation is 1. The first-order chi connectivity index (χ1) is 48.0. The van der Waals surface area contributed by atoms with Crippen molar-refractivity contribution in [1.82, 2.24) is 0 Å². The second-order valence-corrected chi connectivity index (χ2v) is 29.7. The lowest BCUT2D eigenvalue weighted by molar-refractivity contribution is 0.668. The van der Waals surface area contributed by atoms with Crippen LogP contribution in [0.4, 0.5) is 34.1 Å². The highest BCUT2D eigenvalue weighted by atomic mass is 28.3. The van der Waals surface area contributed by atoms with Gasteiger partial charge in [-0.3, -0.25) is 0 Å². The maximum absolute atomic E-state index is 6.96. The summed E-state index contributed by atoms with van der Waals surface area (Å²) in [6.45, 7) is 2.15. The number of benzene rings is 16. The molecule has 19 rings (SSSR count). The van der Waals surface area contributed by atoms with E-state index < -0.39 is 13.5 Å². The third-order valence-corrected chi connectivity index (χ3v) is 25.4. The molecule has 18 aromatic rings. The van der Waals surface area contributed by atoms with E-state index >= 15 is 0 Å². The predicted molar refractivity (Wildman–Crippen MR) is 409 cm³/mol. The summed E-state index contributed by atoms with van der Waals surface area (Å²) in [6.07, 6.45) is 0. The Hall–Kier alpha value is -12.3. The molecule has 0 aliphatic heterocycles. The van der Waals surface area contributed by atoms with Gasteiger partial charge < -0.3 is 18.6 Å². The average molecular weight is 1260 g/mol. The van der Waals surface area contributed by atoms with Crippen molar-refractivity contribution in [1.29, 1.82) is 0 Å². The van der Waals surface area contributed by atoms with Gasteiger partial charge in [-0.15, -0.1) is 0 Å². The van der Waals surface area contributed by atoms with Crippen LogP contribution >= 0.6 is 0 Å². The predicted octanol–water partition coefficient (Wildman–Crippen LogP) is 21.9. The van der Waals surface area contributed by atoms with Crippen LogP contribution in [0.2, 0.25) is 0 Å². The molecule has 16 aromatic carbocycles. The fourth-order valence-corrected chi connectivity index (χ4v) is 21.1. The van der Waals surface area contributed by atoms with E-state index in [1.807, 2.05) is 0 Å². The zero-order valence-electron chi connectivity index (χ0n) is 53.3. The van der Waals surface area contributed by atoms with Gasteiger partial charge in [0, 0.05) is 55.4 Å². The van der Waals surface area contributed by atoms with Crippen LogP contribution in [0.15, 0.2) is 367 Å². The van der Waals surface area contributed by atoms with Gasteiger partial charge in [0.2, 0.25) is 0 Å². The maximum atomic E-state index is 6.96. The smallest absolute Gasteiger partial charge is 0.179 e. The number of furan rings is 2.